The lowest BCUT2D eigenvalue weighted by Gasteiger charge is -2.03. The van der Waals surface area contributed by atoms with Gasteiger partial charge in [0.15, 0.2) is 0 Å². The summed E-state index contributed by atoms with van der Waals surface area (Å²) in [7, 11) is 1.35. The molecule has 4 aromatic rings. The Balaban J connectivity index is 1.78. The predicted molar refractivity (Wildman–Crippen MR) is 114 cm³/mol. The minimum Gasteiger partial charge on any atom is -0.465 e. The van der Waals surface area contributed by atoms with Gasteiger partial charge in [-0.15, -0.1) is 11.3 Å². The number of nitrogens with one attached hydrogen (secondary N) is 1. The molecule has 0 unspecified atom stereocenters. The molecular weight excluding hydrogens is 400 g/mol. The number of methoxy groups -OCH3 is 1. The summed E-state index contributed by atoms with van der Waals surface area (Å²) in [6, 6.07) is 10.9. The maximum absolute atomic E-state index is 11.7. The molecule has 4 rings (SSSR count). The fraction of sp³-hybridized carbons (Fsp3) is 0.136. The molecule has 0 aliphatic heterocycles. The Kier molecular flexibility index (Phi) is 5.49. The first-order valence-corrected chi connectivity index (χ1v) is 10.0. The molecule has 0 bridgehead atoms. The molecule has 7 nitrogen and oxygen atoms in total. The second kappa shape index (κ2) is 8.38. The summed E-state index contributed by atoms with van der Waals surface area (Å²) in [5, 5.41) is 0.792. The van der Waals surface area contributed by atoms with E-state index in [9.17, 15) is 9.59 Å². The monoisotopic (exact) mass is 418 g/mol. The highest BCUT2D eigenvalue weighted by atomic mass is 32.1. The van der Waals surface area contributed by atoms with Crippen molar-refractivity contribution in [2.75, 3.05) is 7.11 Å². The molecule has 3 heterocycles. The summed E-state index contributed by atoms with van der Waals surface area (Å²) in [6.07, 6.45) is 5.42. The highest BCUT2D eigenvalue weighted by molar-refractivity contribution is 7.18. The Bertz CT molecular complexity index is 1200. The number of aromatic nitrogens is 4. The number of hydrogen-bond donors (Lipinski definition) is 1. The number of imidazole rings is 1. The largest absolute Gasteiger partial charge is 0.465 e. The average Bonchev–Trinajstić information content (AvgIpc) is 3.43. The quantitative estimate of drug-likeness (QED) is 0.472. The van der Waals surface area contributed by atoms with Crippen molar-refractivity contribution >= 4 is 23.1 Å². The topological polar surface area (TPSA) is 97.8 Å². The Hall–Kier alpha value is -3.65. The van der Waals surface area contributed by atoms with E-state index in [1.807, 2.05) is 24.3 Å². The van der Waals surface area contributed by atoms with Crippen molar-refractivity contribution in [3.05, 3.63) is 66.2 Å². The molecule has 0 atom stereocenters. The first kappa shape index (κ1) is 19.7. The number of benzene rings is 1. The minimum absolute atomic E-state index is 0.0569. The number of ether oxygens (including phenoxy) is 1. The van der Waals surface area contributed by atoms with Crippen molar-refractivity contribution < 1.29 is 14.3 Å². The standard InChI is InChI=1S/C22H18N4O3S/c1-13(27)11-17-12-16(7-8-23-17)21-26-18(19(30-21)20-24-9-10-25-20)14-3-5-15(6-4-14)22(28)29-2/h3-10,12H,11H2,1-2H3,(H,24,25). The zero-order chi connectivity index (χ0) is 21.1. The smallest absolute Gasteiger partial charge is 0.337 e. The van der Waals surface area contributed by atoms with Crippen LogP contribution in [0.2, 0.25) is 0 Å². The first-order valence-electron chi connectivity index (χ1n) is 9.19. The number of H-pyrrole nitrogens is 1. The Morgan fingerprint density at radius 1 is 1.07 bits per heavy atom. The third kappa shape index (κ3) is 4.04. The molecule has 0 spiro atoms. The van der Waals surface area contributed by atoms with E-state index in [1.165, 1.54) is 18.4 Å². The molecule has 1 N–H and O–H groups in total. The number of carbonyl (C=O) groups is 2. The second-order valence-corrected chi connectivity index (χ2v) is 7.62. The van der Waals surface area contributed by atoms with Crippen LogP contribution in [0.15, 0.2) is 55.0 Å². The lowest BCUT2D eigenvalue weighted by molar-refractivity contribution is -0.116. The number of hydrogen-bond acceptors (Lipinski definition) is 7. The second-order valence-electron chi connectivity index (χ2n) is 6.62. The Morgan fingerprint density at radius 3 is 2.53 bits per heavy atom. The van der Waals surface area contributed by atoms with Crippen LogP contribution >= 0.6 is 11.3 Å². The zero-order valence-corrected chi connectivity index (χ0v) is 17.2. The van der Waals surface area contributed by atoms with Gasteiger partial charge in [-0.25, -0.2) is 14.8 Å². The number of thiazole rings is 1. The van der Waals surface area contributed by atoms with Gasteiger partial charge in [-0.1, -0.05) is 12.1 Å². The SMILES string of the molecule is COC(=O)c1ccc(-c2nc(-c3ccnc(CC(C)=O)c3)sc2-c2ncc[nH]2)cc1. The van der Waals surface area contributed by atoms with Crippen molar-refractivity contribution in [3.63, 3.8) is 0 Å². The molecule has 0 saturated heterocycles. The molecule has 0 aliphatic carbocycles. The maximum Gasteiger partial charge on any atom is 0.337 e. The number of pyridine rings is 1. The number of aromatic amines is 1. The van der Waals surface area contributed by atoms with Gasteiger partial charge in [-0.05, 0) is 31.2 Å². The van der Waals surface area contributed by atoms with Crippen molar-refractivity contribution in [1.29, 1.82) is 0 Å². The van der Waals surface area contributed by atoms with Gasteiger partial charge in [-0.3, -0.25) is 9.78 Å². The average molecular weight is 418 g/mol. The number of nitrogens with zero attached hydrogens (tertiary/aromatic N) is 3. The zero-order valence-electron chi connectivity index (χ0n) is 16.4. The Morgan fingerprint density at radius 2 is 1.87 bits per heavy atom. The van der Waals surface area contributed by atoms with E-state index in [0.29, 0.717) is 17.1 Å². The van der Waals surface area contributed by atoms with E-state index in [4.69, 9.17) is 9.72 Å². The normalized spacial score (nSPS) is 10.7. The third-order valence-electron chi connectivity index (χ3n) is 4.41. The van der Waals surface area contributed by atoms with Crippen LogP contribution in [0.3, 0.4) is 0 Å². The highest BCUT2D eigenvalue weighted by Crippen LogP contribution is 2.39. The van der Waals surface area contributed by atoms with Gasteiger partial charge in [0.25, 0.3) is 0 Å². The number of esters is 1. The fourth-order valence-corrected chi connectivity index (χ4v) is 4.08. The van der Waals surface area contributed by atoms with Crippen LogP contribution in [-0.2, 0) is 16.0 Å². The van der Waals surface area contributed by atoms with E-state index >= 15 is 0 Å². The van der Waals surface area contributed by atoms with Gasteiger partial charge in [0.1, 0.15) is 16.6 Å². The number of carbonyl (C=O) groups excluding carboxylic acids is 2. The third-order valence-corrected chi connectivity index (χ3v) is 5.52. The Labute approximate surface area is 176 Å². The van der Waals surface area contributed by atoms with Crippen LogP contribution < -0.4 is 0 Å². The molecular formula is C22H18N4O3S. The van der Waals surface area contributed by atoms with Crippen molar-refractivity contribution in [3.8, 4) is 32.5 Å². The summed E-state index contributed by atoms with van der Waals surface area (Å²) >= 11 is 1.50. The number of rotatable bonds is 6. The van der Waals surface area contributed by atoms with Gasteiger partial charge >= 0.3 is 5.97 Å². The van der Waals surface area contributed by atoms with Crippen LogP contribution in [0.1, 0.15) is 23.0 Å². The molecule has 3 aromatic heterocycles. The van der Waals surface area contributed by atoms with Crippen LogP contribution in [0.4, 0.5) is 0 Å². The van der Waals surface area contributed by atoms with E-state index in [2.05, 4.69) is 15.0 Å². The lowest BCUT2D eigenvalue weighted by atomic mass is 10.1. The molecule has 0 amide bonds. The van der Waals surface area contributed by atoms with Gasteiger partial charge < -0.3 is 9.72 Å². The van der Waals surface area contributed by atoms with Gasteiger partial charge in [0.2, 0.25) is 0 Å². The summed E-state index contributed by atoms with van der Waals surface area (Å²) in [4.78, 5) is 40.7. The minimum atomic E-state index is -0.387. The van der Waals surface area contributed by atoms with Crippen molar-refractivity contribution in [1.82, 2.24) is 19.9 Å². The molecule has 8 heteroatoms. The maximum atomic E-state index is 11.7. The van der Waals surface area contributed by atoms with Gasteiger partial charge in [-0.2, -0.15) is 0 Å². The van der Waals surface area contributed by atoms with Crippen LogP contribution in [0.5, 0.6) is 0 Å². The fourth-order valence-electron chi connectivity index (χ4n) is 3.03. The van der Waals surface area contributed by atoms with Gasteiger partial charge in [0, 0.05) is 41.8 Å². The molecule has 0 radical (unpaired) electrons. The van der Waals surface area contributed by atoms with Crippen LogP contribution in [-0.4, -0.2) is 38.8 Å². The number of ketones is 1. The van der Waals surface area contributed by atoms with E-state index in [0.717, 1.165) is 26.7 Å². The van der Waals surface area contributed by atoms with Gasteiger partial charge in [0.05, 0.1) is 23.2 Å². The molecule has 0 fully saturated rings. The summed E-state index contributed by atoms with van der Waals surface area (Å²) < 4.78 is 4.77. The summed E-state index contributed by atoms with van der Waals surface area (Å²) in [5.74, 6) is 0.381. The number of Topliss-reactive ketones (excluding diaryl/α,β-unsaturated/α-hetero) is 1. The molecule has 0 aliphatic rings. The van der Waals surface area contributed by atoms with E-state index < -0.39 is 0 Å². The van der Waals surface area contributed by atoms with E-state index in [-0.39, 0.29) is 18.2 Å². The summed E-state index contributed by atoms with van der Waals surface area (Å²) in [6.45, 7) is 1.54. The molecule has 0 saturated carbocycles. The first-order chi connectivity index (χ1) is 14.5. The van der Waals surface area contributed by atoms with Crippen LogP contribution in [0, 0.1) is 0 Å². The van der Waals surface area contributed by atoms with Crippen LogP contribution in [0.25, 0.3) is 32.5 Å². The summed E-state index contributed by atoms with van der Waals surface area (Å²) in [5.41, 5.74) is 3.68. The van der Waals surface area contributed by atoms with Crippen molar-refractivity contribution in [2.24, 2.45) is 0 Å². The van der Waals surface area contributed by atoms with E-state index in [1.54, 1.807) is 37.6 Å². The molecule has 150 valence electrons. The molecule has 30 heavy (non-hydrogen) atoms. The predicted octanol–water partition coefficient (Wildman–Crippen LogP) is 4.18. The lowest BCUT2D eigenvalue weighted by Crippen LogP contribution is -2.00. The van der Waals surface area contributed by atoms with Crippen molar-refractivity contribution in [2.45, 2.75) is 13.3 Å². The highest BCUT2D eigenvalue weighted by Gasteiger charge is 2.18. The molecule has 1 aromatic carbocycles.